The molecule has 2 nitrogen and oxygen atoms in total. The van der Waals surface area contributed by atoms with Gasteiger partial charge in [0.1, 0.15) is 0 Å². The number of halogens is 1. The summed E-state index contributed by atoms with van der Waals surface area (Å²) < 4.78 is 1.12. The Bertz CT molecular complexity index is 304. The van der Waals surface area contributed by atoms with Crippen LogP contribution in [-0.4, -0.2) is 18.3 Å². The molecule has 1 aromatic carbocycles. The van der Waals surface area contributed by atoms with Gasteiger partial charge in [0.15, 0.2) is 0 Å². The van der Waals surface area contributed by atoms with Gasteiger partial charge in [-0.1, -0.05) is 41.4 Å². The van der Waals surface area contributed by atoms with Crippen molar-refractivity contribution in [3.63, 3.8) is 0 Å². The molecule has 0 saturated carbocycles. The highest BCUT2D eigenvalue weighted by Crippen LogP contribution is 2.12. The summed E-state index contributed by atoms with van der Waals surface area (Å²) in [5.41, 5.74) is 1.29. The monoisotopic (exact) mass is 285 g/mol. The molecule has 1 atom stereocenters. The van der Waals surface area contributed by atoms with Crippen molar-refractivity contribution in [1.82, 2.24) is 5.32 Å². The zero-order valence-corrected chi connectivity index (χ0v) is 11.3. The summed E-state index contributed by atoms with van der Waals surface area (Å²) in [4.78, 5) is 0. The molecule has 0 aromatic heterocycles. The van der Waals surface area contributed by atoms with Crippen LogP contribution in [0.15, 0.2) is 28.7 Å². The third-order valence-corrected chi connectivity index (χ3v) is 3.26. The topological polar surface area (TPSA) is 32.3 Å². The van der Waals surface area contributed by atoms with Crippen molar-refractivity contribution in [2.24, 2.45) is 5.92 Å². The van der Waals surface area contributed by atoms with Crippen LogP contribution >= 0.6 is 15.9 Å². The number of aliphatic hydroxyl groups excluding tert-OH is 1. The molecule has 1 rings (SSSR count). The second kappa shape index (κ2) is 7.82. The molecule has 0 saturated heterocycles. The van der Waals surface area contributed by atoms with Crippen molar-refractivity contribution >= 4 is 15.9 Å². The predicted molar refractivity (Wildman–Crippen MR) is 71.3 cm³/mol. The molecule has 16 heavy (non-hydrogen) atoms. The molecule has 0 aliphatic heterocycles. The largest absolute Gasteiger partial charge is 0.396 e. The van der Waals surface area contributed by atoms with Crippen LogP contribution in [0.3, 0.4) is 0 Å². The van der Waals surface area contributed by atoms with Gasteiger partial charge in [0.05, 0.1) is 0 Å². The van der Waals surface area contributed by atoms with Gasteiger partial charge in [-0.15, -0.1) is 0 Å². The molecule has 3 heteroatoms. The van der Waals surface area contributed by atoms with Gasteiger partial charge in [0, 0.05) is 17.6 Å². The smallest absolute Gasteiger partial charge is 0.0434 e. The molecule has 0 fully saturated rings. The van der Waals surface area contributed by atoms with Gasteiger partial charge in [-0.05, 0) is 36.6 Å². The average molecular weight is 286 g/mol. The van der Waals surface area contributed by atoms with Gasteiger partial charge in [-0.3, -0.25) is 0 Å². The highest BCUT2D eigenvalue weighted by Gasteiger charge is 2.04. The molecule has 0 radical (unpaired) electrons. The van der Waals surface area contributed by atoms with Gasteiger partial charge in [0.25, 0.3) is 0 Å². The first-order valence-corrected chi connectivity index (χ1v) is 6.61. The van der Waals surface area contributed by atoms with E-state index in [9.17, 15) is 0 Å². The summed E-state index contributed by atoms with van der Waals surface area (Å²) in [6, 6.07) is 8.32. The van der Waals surface area contributed by atoms with E-state index in [1.807, 2.05) is 12.1 Å². The molecule has 90 valence electrons. The number of benzene rings is 1. The second-order valence-electron chi connectivity index (χ2n) is 4.05. The third-order valence-electron chi connectivity index (χ3n) is 2.77. The van der Waals surface area contributed by atoms with Crippen LogP contribution < -0.4 is 5.32 Å². The first-order chi connectivity index (χ1) is 7.76. The number of rotatable bonds is 7. The zero-order chi connectivity index (χ0) is 11.8. The molecule has 0 aliphatic carbocycles. The Morgan fingerprint density at radius 2 is 2.25 bits per heavy atom. The zero-order valence-electron chi connectivity index (χ0n) is 9.75. The summed E-state index contributed by atoms with van der Waals surface area (Å²) >= 11 is 3.46. The van der Waals surface area contributed by atoms with Gasteiger partial charge in [0.2, 0.25) is 0 Å². The van der Waals surface area contributed by atoms with Crippen molar-refractivity contribution < 1.29 is 5.11 Å². The first kappa shape index (κ1) is 13.7. The van der Waals surface area contributed by atoms with E-state index in [1.54, 1.807) is 0 Å². The first-order valence-electron chi connectivity index (χ1n) is 5.82. The van der Waals surface area contributed by atoms with Crippen LogP contribution in [0.4, 0.5) is 0 Å². The van der Waals surface area contributed by atoms with Crippen molar-refractivity contribution in [2.45, 2.75) is 26.3 Å². The minimum Gasteiger partial charge on any atom is -0.396 e. The summed E-state index contributed by atoms with van der Waals surface area (Å²) in [6.45, 7) is 4.32. The molecule has 1 unspecified atom stereocenters. The van der Waals surface area contributed by atoms with Crippen LogP contribution in [0.25, 0.3) is 0 Å². The van der Waals surface area contributed by atoms with Gasteiger partial charge in [-0.2, -0.15) is 0 Å². The summed E-state index contributed by atoms with van der Waals surface area (Å²) in [7, 11) is 0. The maximum atomic E-state index is 8.89. The van der Waals surface area contributed by atoms with E-state index in [1.165, 1.54) is 5.56 Å². The molecular weight excluding hydrogens is 266 g/mol. The minimum absolute atomic E-state index is 0.289. The van der Waals surface area contributed by atoms with E-state index >= 15 is 0 Å². The van der Waals surface area contributed by atoms with E-state index in [0.717, 1.165) is 30.4 Å². The van der Waals surface area contributed by atoms with Crippen LogP contribution in [0, 0.1) is 5.92 Å². The number of nitrogens with one attached hydrogen (secondary N) is 1. The Morgan fingerprint density at radius 3 is 2.88 bits per heavy atom. The van der Waals surface area contributed by atoms with Crippen molar-refractivity contribution in [3.05, 3.63) is 34.3 Å². The average Bonchev–Trinajstić information content (AvgIpc) is 2.28. The van der Waals surface area contributed by atoms with Gasteiger partial charge in [-0.25, -0.2) is 0 Å². The quantitative estimate of drug-likeness (QED) is 0.807. The maximum Gasteiger partial charge on any atom is 0.0434 e. The van der Waals surface area contributed by atoms with Crippen LogP contribution in [0.5, 0.6) is 0 Å². The molecule has 0 heterocycles. The molecule has 0 bridgehead atoms. The highest BCUT2D eigenvalue weighted by molar-refractivity contribution is 9.10. The molecule has 1 aromatic rings. The summed E-state index contributed by atoms with van der Waals surface area (Å²) in [6.07, 6.45) is 2.01. The van der Waals surface area contributed by atoms with Crippen molar-refractivity contribution in [3.8, 4) is 0 Å². The lowest BCUT2D eigenvalue weighted by molar-refractivity contribution is 0.251. The number of hydrogen-bond acceptors (Lipinski definition) is 2. The summed E-state index contributed by atoms with van der Waals surface area (Å²) in [5, 5.41) is 12.3. The van der Waals surface area contributed by atoms with Crippen molar-refractivity contribution in [1.29, 1.82) is 0 Å². The van der Waals surface area contributed by atoms with E-state index in [0.29, 0.717) is 5.92 Å². The van der Waals surface area contributed by atoms with E-state index in [2.05, 4.69) is 40.3 Å². The second-order valence-corrected chi connectivity index (χ2v) is 4.96. The standard InChI is InChI=1S/C13H20BrNO/c1-2-11(6-7-16)9-15-10-12-4-3-5-13(14)8-12/h3-5,8,11,15-16H,2,6-7,9-10H2,1H3. The highest BCUT2D eigenvalue weighted by atomic mass is 79.9. The van der Waals surface area contributed by atoms with E-state index in [-0.39, 0.29) is 6.61 Å². The molecule has 0 spiro atoms. The third kappa shape index (κ3) is 5.10. The Balaban J connectivity index is 2.29. The Morgan fingerprint density at radius 1 is 1.44 bits per heavy atom. The van der Waals surface area contributed by atoms with Crippen LogP contribution in [0.1, 0.15) is 25.3 Å². The molecule has 2 N–H and O–H groups in total. The van der Waals surface area contributed by atoms with Gasteiger partial charge >= 0.3 is 0 Å². The Kier molecular flexibility index (Phi) is 6.69. The lowest BCUT2D eigenvalue weighted by atomic mass is 10.0. The molecule has 0 amide bonds. The van der Waals surface area contributed by atoms with E-state index < -0.39 is 0 Å². The Hall–Kier alpha value is -0.380. The fourth-order valence-corrected chi connectivity index (χ4v) is 2.15. The number of hydrogen-bond donors (Lipinski definition) is 2. The lowest BCUT2D eigenvalue weighted by Gasteiger charge is -2.14. The lowest BCUT2D eigenvalue weighted by Crippen LogP contribution is -2.22. The van der Waals surface area contributed by atoms with Crippen LogP contribution in [-0.2, 0) is 6.54 Å². The summed E-state index contributed by atoms with van der Waals surface area (Å²) in [5.74, 6) is 0.581. The fourth-order valence-electron chi connectivity index (χ4n) is 1.70. The number of aliphatic hydroxyl groups is 1. The van der Waals surface area contributed by atoms with Crippen molar-refractivity contribution in [2.75, 3.05) is 13.2 Å². The van der Waals surface area contributed by atoms with Gasteiger partial charge < -0.3 is 10.4 Å². The fraction of sp³-hybridized carbons (Fsp3) is 0.538. The van der Waals surface area contributed by atoms with E-state index in [4.69, 9.17) is 5.11 Å². The molecular formula is C13H20BrNO. The SMILES string of the molecule is CCC(CCO)CNCc1cccc(Br)c1. The normalized spacial score (nSPS) is 12.7. The molecule has 0 aliphatic rings. The predicted octanol–water partition coefficient (Wildman–Crippen LogP) is 2.95. The Labute approximate surface area is 106 Å². The minimum atomic E-state index is 0.289. The van der Waals surface area contributed by atoms with Crippen LogP contribution in [0.2, 0.25) is 0 Å². The maximum absolute atomic E-state index is 8.89.